The van der Waals surface area contributed by atoms with Crippen LogP contribution in [0, 0.1) is 5.92 Å². The highest BCUT2D eigenvalue weighted by Gasteiger charge is 2.42. The summed E-state index contributed by atoms with van der Waals surface area (Å²) in [6.45, 7) is 2.02. The summed E-state index contributed by atoms with van der Waals surface area (Å²) in [4.78, 5) is 24.5. The van der Waals surface area contributed by atoms with Gasteiger partial charge in [0.1, 0.15) is 5.54 Å². The molecule has 1 aliphatic carbocycles. The van der Waals surface area contributed by atoms with Crippen LogP contribution < -0.4 is 5.32 Å². The molecule has 2 unspecified atom stereocenters. The van der Waals surface area contributed by atoms with Crippen LogP contribution in [-0.4, -0.2) is 22.5 Å². The molecule has 114 valence electrons. The van der Waals surface area contributed by atoms with Crippen molar-refractivity contribution in [2.45, 2.75) is 38.1 Å². The summed E-state index contributed by atoms with van der Waals surface area (Å²) in [5.41, 5.74) is -1.13. The van der Waals surface area contributed by atoms with Crippen molar-refractivity contribution in [1.29, 1.82) is 0 Å². The van der Waals surface area contributed by atoms with E-state index in [1.54, 1.807) is 12.1 Å². The lowest BCUT2D eigenvalue weighted by atomic mass is 9.76. The van der Waals surface area contributed by atoms with Crippen LogP contribution in [0.5, 0.6) is 0 Å². The highest BCUT2D eigenvalue weighted by Crippen LogP contribution is 2.32. The number of carboxylic acids is 1. The van der Waals surface area contributed by atoms with E-state index < -0.39 is 11.5 Å². The van der Waals surface area contributed by atoms with Crippen LogP contribution in [0.4, 0.5) is 0 Å². The standard InChI is InChI=1S/C15H18ClNO3S/c1-10-3-2-8-15(9-10,14(19)20)17-13(18)7-5-11-4-6-12(16)21-11/h4-7,10H,2-3,8-9H2,1H3,(H,17,18)(H,19,20)/b7-5+. The molecule has 6 heteroatoms. The predicted molar refractivity (Wildman–Crippen MR) is 84.5 cm³/mol. The van der Waals surface area contributed by atoms with Crippen LogP contribution in [0.15, 0.2) is 18.2 Å². The number of amides is 1. The molecule has 0 aromatic carbocycles. The lowest BCUT2D eigenvalue weighted by Crippen LogP contribution is -2.56. The third-order valence-electron chi connectivity index (χ3n) is 3.76. The van der Waals surface area contributed by atoms with Gasteiger partial charge in [0.15, 0.2) is 0 Å². The molecule has 0 radical (unpaired) electrons. The second-order valence-corrected chi connectivity index (χ2v) is 7.30. The first-order chi connectivity index (χ1) is 9.91. The maximum absolute atomic E-state index is 12.0. The van der Waals surface area contributed by atoms with Crippen molar-refractivity contribution < 1.29 is 14.7 Å². The fraction of sp³-hybridized carbons (Fsp3) is 0.467. The minimum atomic E-state index is -1.13. The van der Waals surface area contributed by atoms with Crippen molar-refractivity contribution >= 4 is 40.9 Å². The minimum absolute atomic E-state index is 0.301. The molecule has 2 N–H and O–H groups in total. The van der Waals surface area contributed by atoms with Crippen molar-refractivity contribution in [3.05, 3.63) is 27.4 Å². The number of carboxylic acid groups (broad SMARTS) is 1. The van der Waals surface area contributed by atoms with Gasteiger partial charge in [-0.2, -0.15) is 0 Å². The molecule has 1 aromatic rings. The molecule has 1 aliphatic rings. The Labute approximate surface area is 132 Å². The van der Waals surface area contributed by atoms with Crippen LogP contribution in [0.2, 0.25) is 4.34 Å². The summed E-state index contributed by atoms with van der Waals surface area (Å²) < 4.78 is 0.651. The maximum atomic E-state index is 12.0. The average molecular weight is 328 g/mol. The van der Waals surface area contributed by atoms with Gasteiger partial charge in [-0.25, -0.2) is 4.79 Å². The molecule has 4 nitrogen and oxygen atoms in total. The number of halogens is 1. The number of aliphatic carboxylic acids is 1. The Balaban J connectivity index is 2.05. The quantitative estimate of drug-likeness (QED) is 0.831. The molecule has 0 spiro atoms. The summed E-state index contributed by atoms with van der Waals surface area (Å²) in [6.07, 6.45) is 5.80. The van der Waals surface area contributed by atoms with E-state index in [1.165, 1.54) is 17.4 Å². The molecule has 0 aliphatic heterocycles. The van der Waals surface area contributed by atoms with E-state index in [4.69, 9.17) is 11.6 Å². The van der Waals surface area contributed by atoms with Gasteiger partial charge in [-0.05, 0) is 37.0 Å². The van der Waals surface area contributed by atoms with Gasteiger partial charge in [0.05, 0.1) is 4.34 Å². The van der Waals surface area contributed by atoms with E-state index in [2.05, 4.69) is 5.32 Å². The van der Waals surface area contributed by atoms with Gasteiger partial charge < -0.3 is 10.4 Å². The summed E-state index contributed by atoms with van der Waals surface area (Å²) in [5.74, 6) is -1.03. The van der Waals surface area contributed by atoms with E-state index in [0.717, 1.165) is 17.7 Å². The Kier molecular flexibility index (Phi) is 5.06. The number of hydrogen-bond donors (Lipinski definition) is 2. The van der Waals surface area contributed by atoms with E-state index in [1.807, 2.05) is 13.0 Å². The number of carbonyl (C=O) groups is 2. The average Bonchev–Trinajstić information content (AvgIpc) is 2.82. The Morgan fingerprint density at radius 3 is 2.86 bits per heavy atom. The van der Waals surface area contributed by atoms with Crippen LogP contribution >= 0.6 is 22.9 Å². The molecule has 0 bridgehead atoms. The van der Waals surface area contributed by atoms with Crippen LogP contribution in [0.1, 0.15) is 37.5 Å². The van der Waals surface area contributed by atoms with Gasteiger partial charge in [-0.1, -0.05) is 31.4 Å². The van der Waals surface area contributed by atoms with Gasteiger partial charge >= 0.3 is 5.97 Å². The summed E-state index contributed by atoms with van der Waals surface area (Å²) in [7, 11) is 0. The van der Waals surface area contributed by atoms with Crippen LogP contribution in [0.25, 0.3) is 6.08 Å². The number of rotatable bonds is 4. The zero-order valence-corrected chi connectivity index (χ0v) is 13.3. The fourth-order valence-electron chi connectivity index (χ4n) is 2.77. The topological polar surface area (TPSA) is 66.4 Å². The second-order valence-electron chi connectivity index (χ2n) is 5.55. The third kappa shape index (κ3) is 4.08. The lowest BCUT2D eigenvalue weighted by Gasteiger charge is -2.36. The van der Waals surface area contributed by atoms with Crippen molar-refractivity contribution in [2.75, 3.05) is 0 Å². The van der Waals surface area contributed by atoms with Crippen molar-refractivity contribution in [3.8, 4) is 0 Å². The normalized spacial score (nSPS) is 25.9. The summed E-state index contributed by atoms with van der Waals surface area (Å²) in [5, 5.41) is 12.2. The van der Waals surface area contributed by atoms with Crippen molar-refractivity contribution in [2.24, 2.45) is 5.92 Å². The van der Waals surface area contributed by atoms with Crippen molar-refractivity contribution in [3.63, 3.8) is 0 Å². The zero-order chi connectivity index (χ0) is 15.5. The number of carbonyl (C=O) groups excluding carboxylic acids is 1. The molecule has 1 fully saturated rings. The third-order valence-corrected chi connectivity index (χ3v) is 4.96. The smallest absolute Gasteiger partial charge is 0.329 e. The van der Waals surface area contributed by atoms with Crippen LogP contribution in [-0.2, 0) is 9.59 Å². The second kappa shape index (κ2) is 6.62. The Hall–Kier alpha value is -1.33. The van der Waals surface area contributed by atoms with E-state index in [0.29, 0.717) is 23.1 Å². The van der Waals surface area contributed by atoms with Gasteiger partial charge in [0.2, 0.25) is 5.91 Å². The van der Waals surface area contributed by atoms with E-state index >= 15 is 0 Å². The largest absolute Gasteiger partial charge is 0.480 e. The van der Waals surface area contributed by atoms with Gasteiger partial charge in [-0.3, -0.25) is 4.79 Å². The van der Waals surface area contributed by atoms with Crippen molar-refractivity contribution in [1.82, 2.24) is 5.32 Å². The van der Waals surface area contributed by atoms with Crippen LogP contribution in [0.3, 0.4) is 0 Å². The number of thiophene rings is 1. The number of hydrogen-bond acceptors (Lipinski definition) is 3. The first-order valence-corrected chi connectivity index (χ1v) is 8.10. The molecular formula is C15H18ClNO3S. The molecule has 2 rings (SSSR count). The fourth-order valence-corrected chi connectivity index (χ4v) is 3.73. The first kappa shape index (κ1) is 16.0. The zero-order valence-electron chi connectivity index (χ0n) is 11.8. The van der Waals surface area contributed by atoms with Gasteiger partial charge in [0.25, 0.3) is 0 Å². The van der Waals surface area contributed by atoms with E-state index in [-0.39, 0.29) is 5.91 Å². The predicted octanol–water partition coefficient (Wildman–Crippen LogP) is 3.56. The molecule has 21 heavy (non-hydrogen) atoms. The maximum Gasteiger partial charge on any atom is 0.329 e. The molecular weight excluding hydrogens is 310 g/mol. The summed E-state index contributed by atoms with van der Waals surface area (Å²) >= 11 is 7.18. The molecule has 1 heterocycles. The molecule has 1 aromatic heterocycles. The first-order valence-electron chi connectivity index (χ1n) is 6.90. The minimum Gasteiger partial charge on any atom is -0.480 e. The van der Waals surface area contributed by atoms with Gasteiger partial charge in [0, 0.05) is 11.0 Å². The highest BCUT2D eigenvalue weighted by atomic mass is 35.5. The molecule has 1 amide bonds. The molecule has 0 saturated heterocycles. The van der Waals surface area contributed by atoms with E-state index in [9.17, 15) is 14.7 Å². The number of nitrogens with one attached hydrogen (secondary N) is 1. The Bertz CT molecular complexity index is 569. The highest BCUT2D eigenvalue weighted by molar-refractivity contribution is 7.17. The SMILES string of the molecule is CC1CCCC(NC(=O)/C=C/c2ccc(Cl)s2)(C(=O)O)C1. The lowest BCUT2D eigenvalue weighted by molar-refractivity contribution is -0.149. The monoisotopic (exact) mass is 327 g/mol. The Morgan fingerprint density at radius 2 is 2.29 bits per heavy atom. The molecule has 2 atom stereocenters. The molecule has 1 saturated carbocycles. The summed E-state index contributed by atoms with van der Waals surface area (Å²) in [6, 6.07) is 3.57. The van der Waals surface area contributed by atoms with Gasteiger partial charge in [-0.15, -0.1) is 11.3 Å². The Morgan fingerprint density at radius 1 is 1.52 bits per heavy atom.